The van der Waals surface area contributed by atoms with Gasteiger partial charge in [0.1, 0.15) is 5.82 Å². The van der Waals surface area contributed by atoms with Crippen molar-refractivity contribution in [2.75, 3.05) is 19.3 Å². The number of alkyl halides is 3. The fourth-order valence-corrected chi connectivity index (χ4v) is 3.18. The van der Waals surface area contributed by atoms with Crippen LogP contribution in [0.15, 0.2) is 36.5 Å². The second-order valence-electron chi connectivity index (χ2n) is 6.75. The highest BCUT2D eigenvalue weighted by Gasteiger charge is 2.38. The molecule has 3 rings (SSSR count). The molecule has 0 fully saturated rings. The fraction of sp³-hybridized carbons (Fsp3) is 0.444. The molecule has 1 aromatic carbocycles. The molecule has 0 atom stereocenters. The van der Waals surface area contributed by atoms with E-state index in [1.807, 2.05) is 12.3 Å². The number of halogens is 3. The number of carboxylic acid groups (broad SMARTS) is 1. The maximum Gasteiger partial charge on any atom is 0.490 e. The quantitative estimate of drug-likeness (QED) is 0.696. The zero-order valence-electron chi connectivity index (χ0n) is 16.3. The lowest BCUT2D eigenvalue weighted by molar-refractivity contribution is -0.192. The monoisotopic (exact) mass is 448 g/mol. The molecule has 2 N–H and O–H groups in total. The molecule has 1 aliphatic rings. The summed E-state index contributed by atoms with van der Waals surface area (Å²) in [6.45, 7) is 3.97. The number of nitrogens with zero attached hydrogens (tertiary/aromatic N) is 3. The summed E-state index contributed by atoms with van der Waals surface area (Å²) in [5.74, 6) is -1.75. The molecule has 0 unspecified atom stereocenters. The summed E-state index contributed by atoms with van der Waals surface area (Å²) >= 11 is 0. The van der Waals surface area contributed by atoms with E-state index in [1.54, 1.807) is 0 Å². The lowest BCUT2D eigenvalue weighted by atomic mass is 10.1. The van der Waals surface area contributed by atoms with Crippen LogP contribution in [-0.2, 0) is 40.9 Å². The van der Waals surface area contributed by atoms with Crippen molar-refractivity contribution in [2.45, 2.75) is 32.2 Å². The predicted octanol–water partition coefficient (Wildman–Crippen LogP) is 1.62. The Bertz CT molecular complexity index is 946. The molecule has 0 amide bonds. The van der Waals surface area contributed by atoms with Gasteiger partial charge in [-0.1, -0.05) is 30.3 Å². The first kappa shape index (κ1) is 23.8. The number of imidazole rings is 1. The molecule has 0 saturated heterocycles. The molecule has 30 heavy (non-hydrogen) atoms. The molecule has 0 bridgehead atoms. The minimum absolute atomic E-state index is 0.253. The van der Waals surface area contributed by atoms with Crippen molar-refractivity contribution in [1.82, 2.24) is 19.2 Å². The van der Waals surface area contributed by atoms with E-state index in [0.29, 0.717) is 0 Å². The van der Waals surface area contributed by atoms with Gasteiger partial charge in [-0.2, -0.15) is 13.2 Å². The Morgan fingerprint density at radius 3 is 2.43 bits per heavy atom. The Hall–Kier alpha value is -2.44. The van der Waals surface area contributed by atoms with Gasteiger partial charge in [0.05, 0.1) is 25.0 Å². The molecular formula is C18H23F3N4O4S. The second kappa shape index (κ2) is 10.0. The molecule has 0 saturated carbocycles. The van der Waals surface area contributed by atoms with Crippen LogP contribution in [0.25, 0.3) is 0 Å². The number of aliphatic carboxylic acids is 1. The molecule has 0 aliphatic carbocycles. The number of rotatable bonds is 6. The van der Waals surface area contributed by atoms with Crippen LogP contribution in [0.3, 0.4) is 0 Å². The molecule has 166 valence electrons. The zero-order chi connectivity index (χ0) is 22.4. The van der Waals surface area contributed by atoms with E-state index in [9.17, 15) is 21.6 Å². The SMILES string of the molecule is CS(=O)(=O)NCc1cn2c(n1)CN(CCc1ccccc1)CC2.O=C(O)C(F)(F)F. The predicted molar refractivity (Wildman–Crippen MR) is 103 cm³/mol. The third-order valence-corrected chi connectivity index (χ3v) is 4.92. The van der Waals surface area contributed by atoms with Crippen LogP contribution in [0.1, 0.15) is 17.1 Å². The number of aromatic nitrogens is 2. The summed E-state index contributed by atoms with van der Waals surface area (Å²) in [4.78, 5) is 15.8. The van der Waals surface area contributed by atoms with Crippen molar-refractivity contribution >= 4 is 16.0 Å². The van der Waals surface area contributed by atoms with Gasteiger partial charge in [0.25, 0.3) is 0 Å². The van der Waals surface area contributed by atoms with E-state index in [1.165, 1.54) is 5.56 Å². The largest absolute Gasteiger partial charge is 0.490 e. The molecular weight excluding hydrogens is 425 g/mol. The molecule has 0 spiro atoms. The number of nitrogens with one attached hydrogen (secondary N) is 1. The lowest BCUT2D eigenvalue weighted by Gasteiger charge is -2.27. The molecule has 1 aromatic heterocycles. The van der Waals surface area contributed by atoms with Crippen LogP contribution >= 0.6 is 0 Å². The maximum absolute atomic E-state index is 11.2. The van der Waals surface area contributed by atoms with E-state index in [0.717, 1.165) is 50.4 Å². The summed E-state index contributed by atoms with van der Waals surface area (Å²) in [7, 11) is -3.18. The van der Waals surface area contributed by atoms with E-state index < -0.39 is 22.2 Å². The fourth-order valence-electron chi connectivity index (χ4n) is 2.77. The van der Waals surface area contributed by atoms with E-state index in [2.05, 4.69) is 43.4 Å². The Morgan fingerprint density at radius 1 is 1.23 bits per heavy atom. The minimum atomic E-state index is -5.08. The summed E-state index contributed by atoms with van der Waals surface area (Å²) < 4.78 is 58.7. The number of sulfonamides is 1. The van der Waals surface area contributed by atoms with Crippen LogP contribution in [0, 0.1) is 0 Å². The lowest BCUT2D eigenvalue weighted by Crippen LogP contribution is -2.35. The minimum Gasteiger partial charge on any atom is -0.475 e. The van der Waals surface area contributed by atoms with E-state index >= 15 is 0 Å². The Kier molecular flexibility index (Phi) is 7.98. The highest BCUT2D eigenvalue weighted by atomic mass is 32.2. The molecule has 12 heteroatoms. The highest BCUT2D eigenvalue weighted by Crippen LogP contribution is 2.14. The number of fused-ring (bicyclic) bond motifs is 1. The van der Waals surface area contributed by atoms with E-state index in [4.69, 9.17) is 9.90 Å². The summed E-state index contributed by atoms with van der Waals surface area (Å²) in [5.41, 5.74) is 2.12. The molecule has 1 aliphatic heterocycles. The molecule has 8 nitrogen and oxygen atoms in total. The van der Waals surface area contributed by atoms with Gasteiger partial charge in [0.15, 0.2) is 0 Å². The van der Waals surface area contributed by atoms with Crippen molar-refractivity contribution in [1.29, 1.82) is 0 Å². The summed E-state index contributed by atoms with van der Waals surface area (Å²) in [5, 5.41) is 7.12. The normalized spacial score (nSPS) is 14.5. The smallest absolute Gasteiger partial charge is 0.475 e. The summed E-state index contributed by atoms with van der Waals surface area (Å²) in [6, 6.07) is 10.5. The van der Waals surface area contributed by atoms with Gasteiger partial charge >= 0.3 is 12.1 Å². The summed E-state index contributed by atoms with van der Waals surface area (Å²) in [6.07, 6.45) is -0.944. The highest BCUT2D eigenvalue weighted by molar-refractivity contribution is 7.88. The second-order valence-corrected chi connectivity index (χ2v) is 8.58. The number of carbonyl (C=O) groups is 1. The zero-order valence-corrected chi connectivity index (χ0v) is 17.1. The average molecular weight is 448 g/mol. The van der Waals surface area contributed by atoms with Gasteiger partial charge in [-0.25, -0.2) is 22.9 Å². The Morgan fingerprint density at radius 2 is 1.87 bits per heavy atom. The number of hydrogen-bond acceptors (Lipinski definition) is 5. The standard InChI is InChI=1S/C16H22N4O2S.C2HF3O2/c1-23(21,22)17-11-15-12-20-10-9-19(13-16(20)18-15)8-7-14-5-3-2-4-6-14;3-2(4,5)1(6)7/h2-6,12,17H,7-11,13H2,1H3;(H,6,7). The van der Waals surface area contributed by atoms with Gasteiger partial charge in [-0.05, 0) is 12.0 Å². The van der Waals surface area contributed by atoms with Crippen molar-refractivity contribution in [3.63, 3.8) is 0 Å². The Labute approximate surface area is 172 Å². The number of benzene rings is 1. The van der Waals surface area contributed by atoms with Gasteiger partial charge < -0.3 is 9.67 Å². The molecule has 2 heterocycles. The number of hydrogen-bond donors (Lipinski definition) is 2. The topological polar surface area (TPSA) is 105 Å². The van der Waals surface area contributed by atoms with Gasteiger partial charge in [-0.3, -0.25) is 4.90 Å². The first-order valence-corrected chi connectivity index (χ1v) is 10.9. The van der Waals surface area contributed by atoms with Crippen LogP contribution < -0.4 is 4.72 Å². The van der Waals surface area contributed by atoms with Crippen molar-refractivity contribution in [2.24, 2.45) is 0 Å². The van der Waals surface area contributed by atoms with Crippen LogP contribution in [0.4, 0.5) is 13.2 Å². The molecule has 0 radical (unpaired) electrons. The first-order chi connectivity index (χ1) is 13.9. The molecule has 2 aromatic rings. The maximum atomic E-state index is 11.2. The average Bonchev–Trinajstić information content (AvgIpc) is 3.07. The van der Waals surface area contributed by atoms with E-state index in [-0.39, 0.29) is 6.54 Å². The third kappa shape index (κ3) is 8.13. The van der Waals surface area contributed by atoms with Gasteiger partial charge in [0, 0.05) is 25.8 Å². The van der Waals surface area contributed by atoms with Crippen LogP contribution in [0.5, 0.6) is 0 Å². The van der Waals surface area contributed by atoms with Crippen LogP contribution in [0.2, 0.25) is 0 Å². The van der Waals surface area contributed by atoms with Crippen molar-refractivity contribution < 1.29 is 31.5 Å². The van der Waals surface area contributed by atoms with Crippen LogP contribution in [-0.4, -0.2) is 59.5 Å². The first-order valence-electron chi connectivity index (χ1n) is 9.00. The van der Waals surface area contributed by atoms with Gasteiger partial charge in [0.2, 0.25) is 10.0 Å². The third-order valence-electron chi connectivity index (χ3n) is 4.25. The van der Waals surface area contributed by atoms with Gasteiger partial charge in [-0.15, -0.1) is 0 Å². The van der Waals surface area contributed by atoms with Crippen molar-refractivity contribution in [3.05, 3.63) is 53.6 Å². The Balaban J connectivity index is 0.000000396. The number of carboxylic acids is 1. The van der Waals surface area contributed by atoms with Crippen molar-refractivity contribution in [3.8, 4) is 0 Å².